The molecule has 1 saturated heterocycles. The molecule has 0 unspecified atom stereocenters. The Morgan fingerprint density at radius 2 is 1.90 bits per heavy atom. The maximum Gasteiger partial charge on any atom is 0.471 e. The average molecular weight is 284 g/mol. The fraction of sp³-hybridized carbons (Fsp3) is 0.385. The van der Waals surface area contributed by atoms with E-state index in [2.05, 4.69) is 0 Å². The summed E-state index contributed by atoms with van der Waals surface area (Å²) in [5.74, 6) is -2.02. The van der Waals surface area contributed by atoms with E-state index in [1.807, 2.05) is 0 Å². The van der Waals surface area contributed by atoms with Crippen LogP contribution in [-0.4, -0.2) is 47.4 Å². The second-order valence-corrected chi connectivity index (χ2v) is 4.85. The lowest BCUT2D eigenvalue weighted by Crippen LogP contribution is -2.52. The lowest BCUT2D eigenvalue weighted by molar-refractivity contribution is -0.187. The molecule has 20 heavy (non-hydrogen) atoms. The van der Waals surface area contributed by atoms with E-state index < -0.39 is 18.1 Å². The summed E-state index contributed by atoms with van der Waals surface area (Å²) < 4.78 is 37.4. The van der Waals surface area contributed by atoms with Gasteiger partial charge in [-0.2, -0.15) is 13.2 Å². The Morgan fingerprint density at radius 1 is 1.20 bits per heavy atom. The molecule has 7 heteroatoms. The van der Waals surface area contributed by atoms with E-state index in [1.165, 1.54) is 4.90 Å². The van der Waals surface area contributed by atoms with Crippen molar-refractivity contribution in [2.75, 3.05) is 19.6 Å². The zero-order chi connectivity index (χ0) is 14.5. The number of nitrogens with zero attached hydrogens (tertiary/aromatic N) is 2. The third-order valence-corrected chi connectivity index (χ3v) is 3.72. The van der Waals surface area contributed by atoms with E-state index in [4.69, 9.17) is 0 Å². The number of halogens is 3. The first kappa shape index (κ1) is 13.0. The predicted octanol–water partition coefficient (Wildman–Crippen LogP) is 1.59. The summed E-state index contributed by atoms with van der Waals surface area (Å²) in [7, 11) is 0. The van der Waals surface area contributed by atoms with Gasteiger partial charge in [0.05, 0.1) is 6.04 Å². The molecule has 0 bridgehead atoms. The number of hydrogen-bond donors (Lipinski definition) is 0. The molecule has 0 saturated carbocycles. The summed E-state index contributed by atoms with van der Waals surface area (Å²) >= 11 is 0. The molecule has 2 aliphatic rings. The monoisotopic (exact) mass is 284 g/mol. The Bertz CT molecular complexity index is 585. The summed E-state index contributed by atoms with van der Waals surface area (Å²) in [6.45, 7) is -0.0737. The van der Waals surface area contributed by atoms with Gasteiger partial charge in [0.15, 0.2) is 0 Å². The van der Waals surface area contributed by atoms with Crippen LogP contribution in [0.4, 0.5) is 13.2 Å². The van der Waals surface area contributed by atoms with Crippen molar-refractivity contribution >= 4 is 11.8 Å². The third-order valence-electron chi connectivity index (χ3n) is 3.72. The SMILES string of the molecule is O=C1c2ccccc2[C@H]2CN(C(=O)C(F)(F)F)CCN12. The van der Waals surface area contributed by atoms with Gasteiger partial charge in [0.25, 0.3) is 5.91 Å². The zero-order valence-electron chi connectivity index (χ0n) is 10.4. The Balaban J connectivity index is 1.88. The first-order valence-electron chi connectivity index (χ1n) is 6.15. The van der Waals surface area contributed by atoms with Gasteiger partial charge >= 0.3 is 12.1 Å². The molecule has 0 N–H and O–H groups in total. The highest BCUT2D eigenvalue weighted by Crippen LogP contribution is 2.36. The maximum atomic E-state index is 12.5. The van der Waals surface area contributed by atoms with Crippen LogP contribution in [0, 0.1) is 0 Å². The number of alkyl halides is 3. The fourth-order valence-electron chi connectivity index (χ4n) is 2.79. The number of fused-ring (bicyclic) bond motifs is 3. The largest absolute Gasteiger partial charge is 0.471 e. The first-order valence-corrected chi connectivity index (χ1v) is 6.15. The van der Waals surface area contributed by atoms with Crippen LogP contribution < -0.4 is 0 Å². The van der Waals surface area contributed by atoms with Gasteiger partial charge in [-0.05, 0) is 11.6 Å². The van der Waals surface area contributed by atoms with Gasteiger partial charge in [-0.1, -0.05) is 18.2 Å². The first-order chi connectivity index (χ1) is 9.39. The maximum absolute atomic E-state index is 12.5. The number of carbonyl (C=O) groups is 2. The quantitative estimate of drug-likeness (QED) is 0.726. The van der Waals surface area contributed by atoms with Gasteiger partial charge in [-0.25, -0.2) is 0 Å². The number of piperazine rings is 1. The van der Waals surface area contributed by atoms with Crippen LogP contribution in [0.3, 0.4) is 0 Å². The molecule has 0 aromatic heterocycles. The number of amides is 2. The minimum atomic E-state index is -4.87. The summed E-state index contributed by atoms with van der Waals surface area (Å²) in [5.41, 5.74) is 1.20. The second kappa shape index (κ2) is 4.22. The van der Waals surface area contributed by atoms with Crippen LogP contribution in [0.25, 0.3) is 0 Å². The van der Waals surface area contributed by atoms with Gasteiger partial charge < -0.3 is 9.80 Å². The van der Waals surface area contributed by atoms with Crippen LogP contribution in [0.5, 0.6) is 0 Å². The molecule has 1 fully saturated rings. The van der Waals surface area contributed by atoms with Crippen molar-refractivity contribution in [1.82, 2.24) is 9.80 Å². The van der Waals surface area contributed by atoms with E-state index in [-0.39, 0.29) is 25.5 Å². The number of carbonyl (C=O) groups excluding carboxylic acids is 2. The molecule has 1 atom stereocenters. The highest BCUT2D eigenvalue weighted by atomic mass is 19.4. The molecule has 2 heterocycles. The van der Waals surface area contributed by atoms with Crippen LogP contribution in [-0.2, 0) is 4.79 Å². The number of hydrogen-bond acceptors (Lipinski definition) is 2. The normalized spacial score (nSPS) is 21.8. The van der Waals surface area contributed by atoms with E-state index in [1.54, 1.807) is 24.3 Å². The van der Waals surface area contributed by atoms with Crippen LogP contribution >= 0.6 is 0 Å². The molecule has 3 rings (SSSR count). The van der Waals surface area contributed by atoms with Gasteiger partial charge in [-0.15, -0.1) is 0 Å². The topological polar surface area (TPSA) is 40.6 Å². The smallest absolute Gasteiger partial charge is 0.331 e. The van der Waals surface area contributed by atoms with Crippen molar-refractivity contribution < 1.29 is 22.8 Å². The number of rotatable bonds is 0. The molecule has 2 aliphatic heterocycles. The molecule has 2 amide bonds. The highest BCUT2D eigenvalue weighted by molar-refractivity contribution is 5.99. The zero-order valence-corrected chi connectivity index (χ0v) is 10.4. The Kier molecular flexibility index (Phi) is 2.74. The Labute approximate surface area is 112 Å². The van der Waals surface area contributed by atoms with E-state index >= 15 is 0 Å². The third kappa shape index (κ3) is 1.85. The van der Waals surface area contributed by atoms with Crippen molar-refractivity contribution in [3.05, 3.63) is 35.4 Å². The Hall–Kier alpha value is -2.05. The molecule has 0 radical (unpaired) electrons. The van der Waals surface area contributed by atoms with Crippen molar-refractivity contribution in [2.24, 2.45) is 0 Å². The predicted molar refractivity (Wildman–Crippen MR) is 62.9 cm³/mol. The van der Waals surface area contributed by atoms with Gasteiger partial charge in [-0.3, -0.25) is 9.59 Å². The molecule has 1 aromatic rings. The minimum absolute atomic E-state index is 0.0887. The van der Waals surface area contributed by atoms with Crippen LogP contribution in [0.1, 0.15) is 22.0 Å². The molecular weight excluding hydrogens is 273 g/mol. The molecule has 106 valence electrons. The standard InChI is InChI=1S/C13H11F3N2O2/c14-13(15,16)12(20)17-5-6-18-10(7-17)8-3-1-2-4-9(8)11(18)19/h1-4,10H,5-7H2/t10-/m1/s1. The van der Waals surface area contributed by atoms with E-state index in [0.717, 1.165) is 4.90 Å². The van der Waals surface area contributed by atoms with Crippen molar-refractivity contribution in [3.8, 4) is 0 Å². The van der Waals surface area contributed by atoms with Gasteiger partial charge in [0.2, 0.25) is 0 Å². The average Bonchev–Trinajstić information content (AvgIpc) is 2.71. The second-order valence-electron chi connectivity index (χ2n) is 4.85. The van der Waals surface area contributed by atoms with Crippen LogP contribution in [0.2, 0.25) is 0 Å². The summed E-state index contributed by atoms with van der Waals surface area (Å²) in [4.78, 5) is 25.7. The van der Waals surface area contributed by atoms with Crippen molar-refractivity contribution in [1.29, 1.82) is 0 Å². The molecule has 0 aliphatic carbocycles. The van der Waals surface area contributed by atoms with Gasteiger partial charge in [0.1, 0.15) is 0 Å². The molecule has 1 aromatic carbocycles. The van der Waals surface area contributed by atoms with E-state index in [9.17, 15) is 22.8 Å². The minimum Gasteiger partial charge on any atom is -0.331 e. The fourth-order valence-corrected chi connectivity index (χ4v) is 2.79. The van der Waals surface area contributed by atoms with Crippen LogP contribution in [0.15, 0.2) is 24.3 Å². The van der Waals surface area contributed by atoms with Crippen molar-refractivity contribution in [3.63, 3.8) is 0 Å². The number of benzene rings is 1. The van der Waals surface area contributed by atoms with Crippen molar-refractivity contribution in [2.45, 2.75) is 12.2 Å². The molecule has 4 nitrogen and oxygen atoms in total. The Morgan fingerprint density at radius 3 is 2.60 bits per heavy atom. The van der Waals surface area contributed by atoms with E-state index in [0.29, 0.717) is 11.1 Å². The molecular formula is C13H11F3N2O2. The lowest BCUT2D eigenvalue weighted by atomic mass is 10.0. The summed E-state index contributed by atoms with van der Waals surface area (Å²) in [6.07, 6.45) is -4.87. The lowest BCUT2D eigenvalue weighted by Gasteiger charge is -2.37. The summed E-state index contributed by atoms with van der Waals surface area (Å²) in [6, 6.07) is 6.36. The molecule has 0 spiro atoms. The summed E-state index contributed by atoms with van der Waals surface area (Å²) in [5, 5.41) is 0. The van der Waals surface area contributed by atoms with Gasteiger partial charge in [0, 0.05) is 25.2 Å². The highest BCUT2D eigenvalue weighted by Gasteiger charge is 2.47.